The van der Waals surface area contributed by atoms with Crippen LogP contribution in [0.3, 0.4) is 0 Å². The maximum atomic E-state index is 3.58. The predicted molar refractivity (Wildman–Crippen MR) is 80.5 cm³/mol. The first-order chi connectivity index (χ1) is 8.79. The molecule has 0 aromatic heterocycles. The van der Waals surface area contributed by atoms with Gasteiger partial charge in [-0.25, -0.2) is 0 Å². The van der Waals surface area contributed by atoms with Crippen molar-refractivity contribution in [1.29, 1.82) is 0 Å². The van der Waals surface area contributed by atoms with Crippen LogP contribution in [-0.2, 0) is 0 Å². The Morgan fingerprint density at radius 3 is 2.44 bits per heavy atom. The van der Waals surface area contributed by atoms with E-state index in [1.54, 1.807) is 0 Å². The first kappa shape index (κ1) is 13.3. The van der Waals surface area contributed by atoms with Crippen molar-refractivity contribution in [2.24, 2.45) is 0 Å². The Morgan fingerprint density at radius 2 is 1.83 bits per heavy atom. The third-order valence-electron chi connectivity index (χ3n) is 3.74. The topological polar surface area (TPSA) is 15.3 Å². The third kappa shape index (κ3) is 3.66. The summed E-state index contributed by atoms with van der Waals surface area (Å²) in [5, 5.41) is 3.58. The van der Waals surface area contributed by atoms with Crippen LogP contribution in [0.1, 0.15) is 46.0 Å². The number of unbranched alkanes of at least 4 members (excludes halogenated alkanes) is 1. The molecule has 0 aliphatic carbocycles. The van der Waals surface area contributed by atoms with Gasteiger partial charge in [-0.05, 0) is 50.5 Å². The third-order valence-corrected chi connectivity index (χ3v) is 3.74. The van der Waals surface area contributed by atoms with E-state index in [0.29, 0.717) is 6.04 Å². The fraction of sp³-hybridized carbons (Fsp3) is 0.625. The lowest BCUT2D eigenvalue weighted by atomic mass is 10.1. The predicted octanol–water partition coefficient (Wildman–Crippen LogP) is 4.28. The molecule has 1 heterocycles. The van der Waals surface area contributed by atoms with E-state index in [-0.39, 0.29) is 0 Å². The molecule has 0 radical (unpaired) electrons. The molecule has 2 nitrogen and oxygen atoms in total. The van der Waals surface area contributed by atoms with Crippen LogP contribution in [0, 0.1) is 0 Å². The van der Waals surface area contributed by atoms with Crippen LogP contribution in [0.5, 0.6) is 0 Å². The van der Waals surface area contributed by atoms with E-state index in [9.17, 15) is 0 Å². The van der Waals surface area contributed by atoms with Crippen LogP contribution in [0.25, 0.3) is 0 Å². The van der Waals surface area contributed by atoms with Gasteiger partial charge in [0, 0.05) is 30.5 Å². The molecule has 1 aliphatic rings. The summed E-state index contributed by atoms with van der Waals surface area (Å²) in [6, 6.07) is 9.51. The summed E-state index contributed by atoms with van der Waals surface area (Å²) in [6.07, 6.45) is 6.52. The molecule has 1 N–H and O–H groups in total. The second-order valence-corrected chi connectivity index (χ2v) is 5.43. The molecule has 1 aliphatic heterocycles. The standard InChI is InChI=1S/C16H26N2/c1-3-4-7-14(2)17-15-8-10-16(11-9-15)18-12-5-6-13-18/h8-11,14,17H,3-7,12-13H2,1-2H3. The molecular formula is C16H26N2. The van der Waals surface area contributed by atoms with Crippen LogP contribution >= 0.6 is 0 Å². The molecule has 1 saturated heterocycles. The fourth-order valence-corrected chi connectivity index (χ4v) is 2.61. The van der Waals surface area contributed by atoms with Gasteiger partial charge in [-0.3, -0.25) is 0 Å². The van der Waals surface area contributed by atoms with Crippen LogP contribution in [0.15, 0.2) is 24.3 Å². The largest absolute Gasteiger partial charge is 0.383 e. The van der Waals surface area contributed by atoms with Crippen molar-refractivity contribution in [3.8, 4) is 0 Å². The van der Waals surface area contributed by atoms with E-state index < -0.39 is 0 Å². The number of hydrogen-bond donors (Lipinski definition) is 1. The maximum absolute atomic E-state index is 3.58. The fourth-order valence-electron chi connectivity index (χ4n) is 2.61. The zero-order valence-corrected chi connectivity index (χ0v) is 11.8. The van der Waals surface area contributed by atoms with Crippen molar-refractivity contribution in [2.75, 3.05) is 23.3 Å². The van der Waals surface area contributed by atoms with E-state index in [0.717, 1.165) is 0 Å². The highest BCUT2D eigenvalue weighted by Gasteiger charge is 2.11. The molecule has 2 rings (SSSR count). The Balaban J connectivity index is 1.86. The molecule has 0 saturated carbocycles. The summed E-state index contributed by atoms with van der Waals surface area (Å²) < 4.78 is 0. The number of hydrogen-bond acceptors (Lipinski definition) is 2. The molecule has 1 fully saturated rings. The monoisotopic (exact) mass is 246 g/mol. The van der Waals surface area contributed by atoms with Gasteiger partial charge in [-0.15, -0.1) is 0 Å². The summed E-state index contributed by atoms with van der Waals surface area (Å²) >= 11 is 0. The lowest BCUT2D eigenvalue weighted by Crippen LogP contribution is -2.18. The van der Waals surface area contributed by atoms with Crippen molar-refractivity contribution >= 4 is 11.4 Å². The first-order valence-electron chi connectivity index (χ1n) is 7.41. The van der Waals surface area contributed by atoms with Crippen molar-refractivity contribution in [3.63, 3.8) is 0 Å². The van der Waals surface area contributed by atoms with Crippen molar-refractivity contribution < 1.29 is 0 Å². The Morgan fingerprint density at radius 1 is 1.17 bits per heavy atom. The van der Waals surface area contributed by atoms with Gasteiger partial charge in [0.2, 0.25) is 0 Å². The Hall–Kier alpha value is -1.18. The van der Waals surface area contributed by atoms with Crippen molar-refractivity contribution in [2.45, 2.75) is 52.0 Å². The molecule has 0 bridgehead atoms. The van der Waals surface area contributed by atoms with Gasteiger partial charge in [0.1, 0.15) is 0 Å². The van der Waals surface area contributed by atoms with Crippen molar-refractivity contribution in [1.82, 2.24) is 0 Å². The van der Waals surface area contributed by atoms with Gasteiger partial charge in [-0.2, -0.15) is 0 Å². The SMILES string of the molecule is CCCCC(C)Nc1ccc(N2CCCC2)cc1. The van der Waals surface area contributed by atoms with E-state index in [4.69, 9.17) is 0 Å². The van der Waals surface area contributed by atoms with Crippen LogP contribution in [0.4, 0.5) is 11.4 Å². The minimum atomic E-state index is 0.572. The first-order valence-corrected chi connectivity index (χ1v) is 7.41. The minimum absolute atomic E-state index is 0.572. The summed E-state index contributed by atoms with van der Waals surface area (Å²) in [6.45, 7) is 6.96. The van der Waals surface area contributed by atoms with Crippen molar-refractivity contribution in [3.05, 3.63) is 24.3 Å². The number of nitrogens with zero attached hydrogens (tertiary/aromatic N) is 1. The van der Waals surface area contributed by atoms with Crippen LogP contribution in [0.2, 0.25) is 0 Å². The maximum Gasteiger partial charge on any atom is 0.0367 e. The molecule has 2 heteroatoms. The minimum Gasteiger partial charge on any atom is -0.383 e. The van der Waals surface area contributed by atoms with E-state index in [1.807, 2.05) is 0 Å². The van der Waals surface area contributed by atoms with E-state index >= 15 is 0 Å². The molecule has 0 amide bonds. The summed E-state index contributed by atoms with van der Waals surface area (Å²) in [4.78, 5) is 2.48. The summed E-state index contributed by atoms with van der Waals surface area (Å²) in [7, 11) is 0. The number of nitrogens with one attached hydrogen (secondary N) is 1. The van der Waals surface area contributed by atoms with Gasteiger partial charge < -0.3 is 10.2 Å². The Kier molecular flexibility index (Phi) is 4.91. The van der Waals surface area contributed by atoms with E-state index in [2.05, 4.69) is 48.3 Å². The Bertz CT molecular complexity index is 339. The van der Waals surface area contributed by atoms with Crippen LogP contribution in [-0.4, -0.2) is 19.1 Å². The molecule has 100 valence electrons. The molecule has 18 heavy (non-hydrogen) atoms. The molecule has 1 aromatic rings. The summed E-state index contributed by atoms with van der Waals surface area (Å²) in [5.41, 5.74) is 2.63. The smallest absolute Gasteiger partial charge is 0.0367 e. The second kappa shape index (κ2) is 6.67. The average Bonchev–Trinajstić information content (AvgIpc) is 2.91. The summed E-state index contributed by atoms with van der Waals surface area (Å²) in [5.74, 6) is 0. The molecule has 1 atom stereocenters. The zero-order valence-electron chi connectivity index (χ0n) is 11.8. The average molecular weight is 246 g/mol. The second-order valence-electron chi connectivity index (χ2n) is 5.43. The van der Waals surface area contributed by atoms with Crippen LogP contribution < -0.4 is 10.2 Å². The highest BCUT2D eigenvalue weighted by molar-refractivity contribution is 5.55. The van der Waals surface area contributed by atoms with Gasteiger partial charge >= 0.3 is 0 Å². The molecular weight excluding hydrogens is 220 g/mol. The normalized spacial score (nSPS) is 16.9. The zero-order chi connectivity index (χ0) is 12.8. The van der Waals surface area contributed by atoms with Gasteiger partial charge in [0.15, 0.2) is 0 Å². The highest BCUT2D eigenvalue weighted by Crippen LogP contribution is 2.22. The quantitative estimate of drug-likeness (QED) is 0.806. The lowest BCUT2D eigenvalue weighted by molar-refractivity contribution is 0.645. The molecule has 1 aromatic carbocycles. The van der Waals surface area contributed by atoms with Gasteiger partial charge in [-0.1, -0.05) is 19.8 Å². The number of rotatable bonds is 6. The lowest BCUT2D eigenvalue weighted by Gasteiger charge is -2.19. The van der Waals surface area contributed by atoms with Gasteiger partial charge in [0.25, 0.3) is 0 Å². The Labute approximate surface area is 111 Å². The number of benzene rings is 1. The molecule has 0 spiro atoms. The van der Waals surface area contributed by atoms with Gasteiger partial charge in [0.05, 0.1) is 0 Å². The highest BCUT2D eigenvalue weighted by atomic mass is 15.1. The van der Waals surface area contributed by atoms with E-state index in [1.165, 1.54) is 56.6 Å². The molecule has 1 unspecified atom stereocenters. The number of anilines is 2.